The van der Waals surface area contributed by atoms with E-state index >= 15 is 0 Å². The van der Waals surface area contributed by atoms with Crippen molar-refractivity contribution in [2.75, 3.05) is 0 Å². The minimum absolute atomic E-state index is 0.00995. The molecule has 0 bridgehead atoms. The molecule has 2 amide bonds. The molecule has 0 atom stereocenters. The zero-order valence-electron chi connectivity index (χ0n) is 14.2. The summed E-state index contributed by atoms with van der Waals surface area (Å²) in [6, 6.07) is 9.03. The van der Waals surface area contributed by atoms with Crippen LogP contribution in [0.4, 0.5) is 4.39 Å². The van der Waals surface area contributed by atoms with Crippen LogP contribution in [0, 0.1) is 19.7 Å². The Kier molecular flexibility index (Phi) is 4.78. The first kappa shape index (κ1) is 17.3. The number of aromatic nitrogens is 4. The lowest BCUT2D eigenvalue weighted by atomic mass is 10.3. The molecular weight excluding hydrogens is 339 g/mol. The van der Waals surface area contributed by atoms with Gasteiger partial charge in [-0.2, -0.15) is 10.2 Å². The summed E-state index contributed by atoms with van der Waals surface area (Å²) < 4.78 is 15.9. The number of rotatable bonds is 4. The number of benzene rings is 1. The molecule has 0 saturated carbocycles. The van der Waals surface area contributed by atoms with Crippen molar-refractivity contribution < 1.29 is 14.0 Å². The molecule has 9 heteroatoms. The van der Waals surface area contributed by atoms with Crippen molar-refractivity contribution in [3.05, 3.63) is 65.5 Å². The molecule has 2 aromatic heterocycles. The molecule has 26 heavy (non-hydrogen) atoms. The largest absolute Gasteiger partial charge is 0.290 e. The molecule has 1 aromatic carbocycles. The van der Waals surface area contributed by atoms with E-state index in [4.69, 9.17) is 0 Å². The second-order valence-electron chi connectivity index (χ2n) is 5.71. The number of amides is 2. The molecule has 0 aliphatic carbocycles. The van der Waals surface area contributed by atoms with Gasteiger partial charge in [0.25, 0.3) is 11.8 Å². The van der Waals surface area contributed by atoms with E-state index in [1.807, 2.05) is 19.9 Å². The molecule has 3 aromatic rings. The van der Waals surface area contributed by atoms with E-state index in [1.165, 1.54) is 22.9 Å². The Bertz CT molecular complexity index is 945. The summed E-state index contributed by atoms with van der Waals surface area (Å²) >= 11 is 0. The van der Waals surface area contributed by atoms with Crippen molar-refractivity contribution >= 4 is 11.8 Å². The molecule has 2 N–H and O–H groups in total. The maximum atomic E-state index is 13.0. The fraction of sp³-hybridized carbons (Fsp3) is 0.176. The molecule has 0 saturated heterocycles. The number of halogens is 1. The third-order valence-corrected chi connectivity index (χ3v) is 3.63. The van der Waals surface area contributed by atoms with Crippen molar-refractivity contribution in [3.8, 4) is 5.69 Å². The van der Waals surface area contributed by atoms with Crippen LogP contribution in [0.15, 0.2) is 42.6 Å². The van der Waals surface area contributed by atoms with Crippen LogP contribution < -0.4 is 10.9 Å². The van der Waals surface area contributed by atoms with Gasteiger partial charge in [-0.15, -0.1) is 0 Å². The second-order valence-corrected chi connectivity index (χ2v) is 5.71. The summed E-state index contributed by atoms with van der Waals surface area (Å²) in [5.41, 5.74) is 7.01. The Morgan fingerprint density at radius 2 is 1.81 bits per heavy atom. The normalized spacial score (nSPS) is 10.6. The van der Waals surface area contributed by atoms with Crippen molar-refractivity contribution in [2.24, 2.45) is 0 Å². The van der Waals surface area contributed by atoms with Crippen LogP contribution in [0.25, 0.3) is 5.69 Å². The number of aryl methyl sites for hydroxylation is 2. The first-order valence-corrected chi connectivity index (χ1v) is 7.84. The van der Waals surface area contributed by atoms with Crippen molar-refractivity contribution in [2.45, 2.75) is 20.4 Å². The molecule has 0 unspecified atom stereocenters. The Balaban J connectivity index is 1.57. The van der Waals surface area contributed by atoms with Gasteiger partial charge in [-0.3, -0.25) is 25.1 Å². The Morgan fingerprint density at radius 3 is 2.46 bits per heavy atom. The molecule has 0 aliphatic rings. The minimum atomic E-state index is -0.562. The molecule has 0 aliphatic heterocycles. The van der Waals surface area contributed by atoms with Gasteiger partial charge in [0.05, 0.1) is 11.4 Å². The van der Waals surface area contributed by atoms with Gasteiger partial charge in [0.15, 0.2) is 5.69 Å². The summed E-state index contributed by atoms with van der Waals surface area (Å²) in [6.45, 7) is 3.67. The van der Waals surface area contributed by atoms with Crippen LogP contribution in [0.5, 0.6) is 0 Å². The number of hydrogen-bond acceptors (Lipinski definition) is 4. The van der Waals surface area contributed by atoms with Crippen LogP contribution in [0.1, 0.15) is 21.9 Å². The predicted octanol–water partition coefficient (Wildman–Crippen LogP) is 1.29. The topological polar surface area (TPSA) is 93.8 Å². The fourth-order valence-corrected chi connectivity index (χ4v) is 2.38. The SMILES string of the molecule is Cc1cc(C)n(CC(=O)NNC(=O)c2ccn(-c3ccc(F)cc3)n2)n1. The lowest BCUT2D eigenvalue weighted by Crippen LogP contribution is -2.43. The van der Waals surface area contributed by atoms with E-state index in [-0.39, 0.29) is 18.1 Å². The van der Waals surface area contributed by atoms with Crippen molar-refractivity contribution in [1.29, 1.82) is 0 Å². The quantitative estimate of drug-likeness (QED) is 0.689. The molecular formula is C17H17FN6O2. The summed E-state index contributed by atoms with van der Waals surface area (Å²) in [4.78, 5) is 24.0. The number of carbonyl (C=O) groups is 2. The van der Waals surface area contributed by atoms with Crippen molar-refractivity contribution in [3.63, 3.8) is 0 Å². The van der Waals surface area contributed by atoms with E-state index in [2.05, 4.69) is 21.0 Å². The lowest BCUT2D eigenvalue weighted by Gasteiger charge is -2.07. The molecule has 0 fully saturated rings. The summed E-state index contributed by atoms with van der Waals surface area (Å²) in [6.07, 6.45) is 1.57. The second kappa shape index (κ2) is 7.18. The molecule has 0 radical (unpaired) electrons. The monoisotopic (exact) mass is 356 g/mol. The number of carbonyl (C=O) groups excluding carboxylic acids is 2. The highest BCUT2D eigenvalue weighted by atomic mass is 19.1. The highest BCUT2D eigenvalue weighted by Gasteiger charge is 2.12. The van der Waals surface area contributed by atoms with Gasteiger partial charge in [-0.25, -0.2) is 9.07 Å². The van der Waals surface area contributed by atoms with Gasteiger partial charge < -0.3 is 0 Å². The molecule has 0 spiro atoms. The first-order chi connectivity index (χ1) is 12.4. The first-order valence-electron chi connectivity index (χ1n) is 7.84. The Hall–Kier alpha value is -3.49. The van der Waals surface area contributed by atoms with Crippen LogP contribution in [0.3, 0.4) is 0 Å². The zero-order valence-corrected chi connectivity index (χ0v) is 14.2. The third kappa shape index (κ3) is 3.94. The fourth-order valence-electron chi connectivity index (χ4n) is 2.38. The van der Waals surface area contributed by atoms with E-state index in [0.717, 1.165) is 11.4 Å². The third-order valence-electron chi connectivity index (χ3n) is 3.63. The number of hydrogen-bond donors (Lipinski definition) is 2. The van der Waals surface area contributed by atoms with E-state index in [9.17, 15) is 14.0 Å². The highest BCUT2D eigenvalue weighted by molar-refractivity contribution is 5.93. The van der Waals surface area contributed by atoms with Gasteiger partial charge in [0.2, 0.25) is 0 Å². The Labute approximate surface area is 148 Å². The average Bonchev–Trinajstić information content (AvgIpc) is 3.20. The summed E-state index contributed by atoms with van der Waals surface area (Å²) in [5.74, 6) is -1.33. The van der Waals surface area contributed by atoms with Crippen LogP contribution >= 0.6 is 0 Å². The average molecular weight is 356 g/mol. The standard InChI is InChI=1S/C17H17FN6O2/c1-11-9-12(2)24(21-11)10-16(25)19-20-17(26)15-7-8-23(22-15)14-5-3-13(18)4-6-14/h3-9H,10H2,1-2H3,(H,19,25)(H,20,26). The maximum Gasteiger partial charge on any atom is 0.290 e. The van der Waals surface area contributed by atoms with Gasteiger partial charge in [0, 0.05) is 11.9 Å². The summed E-state index contributed by atoms with van der Waals surface area (Å²) in [7, 11) is 0. The molecule has 8 nitrogen and oxygen atoms in total. The molecule has 3 rings (SSSR count). The van der Waals surface area contributed by atoms with Gasteiger partial charge >= 0.3 is 0 Å². The highest BCUT2D eigenvalue weighted by Crippen LogP contribution is 2.08. The van der Waals surface area contributed by atoms with Crippen LogP contribution in [0.2, 0.25) is 0 Å². The Morgan fingerprint density at radius 1 is 1.08 bits per heavy atom. The van der Waals surface area contributed by atoms with E-state index in [1.54, 1.807) is 23.0 Å². The van der Waals surface area contributed by atoms with Gasteiger partial charge in [-0.1, -0.05) is 0 Å². The van der Waals surface area contributed by atoms with Gasteiger partial charge in [-0.05, 0) is 50.2 Å². The van der Waals surface area contributed by atoms with Crippen LogP contribution in [-0.2, 0) is 11.3 Å². The number of nitrogens with one attached hydrogen (secondary N) is 2. The molecule has 2 heterocycles. The van der Waals surface area contributed by atoms with Crippen LogP contribution in [-0.4, -0.2) is 31.4 Å². The van der Waals surface area contributed by atoms with Gasteiger partial charge in [0.1, 0.15) is 12.4 Å². The predicted molar refractivity (Wildman–Crippen MR) is 90.8 cm³/mol. The smallest absolute Gasteiger partial charge is 0.271 e. The van der Waals surface area contributed by atoms with Crippen molar-refractivity contribution in [1.82, 2.24) is 30.4 Å². The zero-order chi connectivity index (χ0) is 18.7. The number of nitrogens with zero attached hydrogens (tertiary/aromatic N) is 4. The molecule has 134 valence electrons. The van der Waals surface area contributed by atoms with E-state index in [0.29, 0.717) is 5.69 Å². The summed E-state index contributed by atoms with van der Waals surface area (Å²) in [5, 5.41) is 8.28. The minimum Gasteiger partial charge on any atom is -0.271 e. The maximum absolute atomic E-state index is 13.0. The lowest BCUT2D eigenvalue weighted by molar-refractivity contribution is -0.122. The number of hydrazine groups is 1. The van der Waals surface area contributed by atoms with E-state index < -0.39 is 11.8 Å².